The summed E-state index contributed by atoms with van der Waals surface area (Å²) >= 11 is 1.68. The van der Waals surface area contributed by atoms with Crippen LogP contribution in [-0.4, -0.2) is 18.1 Å². The number of hydrogen-bond donors (Lipinski definition) is 2. The van der Waals surface area contributed by atoms with Gasteiger partial charge < -0.3 is 11.1 Å². The molecule has 16 heavy (non-hydrogen) atoms. The van der Waals surface area contributed by atoms with Crippen molar-refractivity contribution in [2.75, 3.05) is 18.4 Å². The Morgan fingerprint density at radius 3 is 3.06 bits per heavy atom. The molecule has 0 saturated carbocycles. The number of fused-ring (bicyclic) bond motifs is 1. The number of anilines is 1. The molecule has 0 radical (unpaired) electrons. The van der Waals surface area contributed by atoms with Crippen LogP contribution >= 0.6 is 11.3 Å². The van der Waals surface area contributed by atoms with Crippen LogP contribution in [0.3, 0.4) is 0 Å². The lowest BCUT2D eigenvalue weighted by atomic mass is 10.2. The van der Waals surface area contributed by atoms with E-state index in [9.17, 15) is 0 Å². The van der Waals surface area contributed by atoms with Crippen molar-refractivity contribution < 1.29 is 0 Å². The third-order valence-corrected chi connectivity index (χ3v) is 3.35. The van der Waals surface area contributed by atoms with Gasteiger partial charge in [-0.15, -0.1) is 11.3 Å². The number of hydrogen-bond acceptors (Lipinski definition) is 4. The van der Waals surface area contributed by atoms with Gasteiger partial charge in [0.25, 0.3) is 0 Å². The molecule has 4 heteroatoms. The molecule has 0 aliphatic carbocycles. The molecule has 0 aliphatic heterocycles. The van der Waals surface area contributed by atoms with Crippen LogP contribution in [0.4, 0.5) is 5.69 Å². The fourth-order valence-electron chi connectivity index (χ4n) is 1.65. The molecule has 2 rings (SSSR count). The van der Waals surface area contributed by atoms with Crippen molar-refractivity contribution in [3.05, 3.63) is 23.7 Å². The Balaban J connectivity index is 1.84. The van der Waals surface area contributed by atoms with Crippen LogP contribution in [0.15, 0.2) is 23.7 Å². The van der Waals surface area contributed by atoms with Crippen LogP contribution in [0.1, 0.15) is 19.3 Å². The zero-order valence-electron chi connectivity index (χ0n) is 9.28. The summed E-state index contributed by atoms with van der Waals surface area (Å²) in [6.45, 7) is 1.81. The van der Waals surface area contributed by atoms with Gasteiger partial charge in [0.2, 0.25) is 0 Å². The Bertz CT molecular complexity index is 439. The molecule has 0 amide bonds. The van der Waals surface area contributed by atoms with Crippen molar-refractivity contribution in [1.82, 2.24) is 4.98 Å². The minimum absolute atomic E-state index is 0.796. The van der Waals surface area contributed by atoms with Gasteiger partial charge >= 0.3 is 0 Å². The molecular formula is C12H17N3S. The summed E-state index contributed by atoms with van der Waals surface area (Å²) in [7, 11) is 0. The molecule has 2 aromatic rings. The molecular weight excluding hydrogens is 218 g/mol. The minimum atomic E-state index is 0.796. The van der Waals surface area contributed by atoms with Gasteiger partial charge in [0, 0.05) is 12.2 Å². The van der Waals surface area contributed by atoms with Gasteiger partial charge in [0.1, 0.15) is 0 Å². The number of aromatic nitrogens is 1. The summed E-state index contributed by atoms with van der Waals surface area (Å²) in [6, 6.07) is 6.34. The SMILES string of the molecule is NCCCCCNc1ccc2scnc2c1. The normalized spacial score (nSPS) is 10.8. The summed E-state index contributed by atoms with van der Waals surface area (Å²) in [5.41, 5.74) is 9.57. The summed E-state index contributed by atoms with van der Waals surface area (Å²) in [5, 5.41) is 3.41. The number of nitrogens with zero attached hydrogens (tertiary/aromatic N) is 1. The van der Waals surface area contributed by atoms with Crippen LogP contribution in [0.5, 0.6) is 0 Å². The largest absolute Gasteiger partial charge is 0.385 e. The molecule has 0 bridgehead atoms. The van der Waals surface area contributed by atoms with Crippen molar-refractivity contribution in [2.45, 2.75) is 19.3 Å². The number of nitrogens with two attached hydrogens (primary N) is 1. The second-order valence-electron chi connectivity index (χ2n) is 3.81. The Morgan fingerprint density at radius 2 is 2.19 bits per heavy atom. The fourth-order valence-corrected chi connectivity index (χ4v) is 2.31. The Hall–Kier alpha value is -1.13. The van der Waals surface area contributed by atoms with E-state index in [-0.39, 0.29) is 0 Å². The van der Waals surface area contributed by atoms with Gasteiger partial charge in [-0.1, -0.05) is 6.42 Å². The monoisotopic (exact) mass is 235 g/mol. The van der Waals surface area contributed by atoms with E-state index in [1.165, 1.54) is 17.5 Å². The van der Waals surface area contributed by atoms with E-state index in [0.717, 1.165) is 30.7 Å². The summed E-state index contributed by atoms with van der Waals surface area (Å²) < 4.78 is 1.24. The third kappa shape index (κ3) is 2.93. The maximum atomic E-state index is 5.44. The first-order valence-electron chi connectivity index (χ1n) is 5.67. The minimum Gasteiger partial charge on any atom is -0.385 e. The van der Waals surface area contributed by atoms with Crippen LogP contribution < -0.4 is 11.1 Å². The molecule has 0 aliphatic rings. The second kappa shape index (κ2) is 5.82. The maximum Gasteiger partial charge on any atom is 0.0832 e. The number of nitrogens with one attached hydrogen (secondary N) is 1. The lowest BCUT2D eigenvalue weighted by Gasteiger charge is -2.05. The summed E-state index contributed by atoms with van der Waals surface area (Å²) in [4.78, 5) is 4.30. The lowest BCUT2D eigenvalue weighted by Crippen LogP contribution is -2.03. The predicted molar refractivity (Wildman–Crippen MR) is 71.0 cm³/mol. The zero-order chi connectivity index (χ0) is 11.2. The van der Waals surface area contributed by atoms with Gasteiger partial charge in [0.05, 0.1) is 15.7 Å². The molecule has 0 saturated heterocycles. The average Bonchev–Trinajstić information content (AvgIpc) is 2.76. The zero-order valence-corrected chi connectivity index (χ0v) is 10.1. The van der Waals surface area contributed by atoms with E-state index < -0.39 is 0 Å². The summed E-state index contributed by atoms with van der Waals surface area (Å²) in [6.07, 6.45) is 3.49. The maximum absolute atomic E-state index is 5.44. The first kappa shape index (κ1) is 11.4. The smallest absolute Gasteiger partial charge is 0.0832 e. The lowest BCUT2D eigenvalue weighted by molar-refractivity contribution is 0.707. The van der Waals surface area contributed by atoms with Crippen LogP contribution in [0, 0.1) is 0 Å². The van der Waals surface area contributed by atoms with Gasteiger partial charge in [-0.25, -0.2) is 4.98 Å². The average molecular weight is 235 g/mol. The van der Waals surface area contributed by atoms with Crippen molar-refractivity contribution in [2.24, 2.45) is 5.73 Å². The molecule has 0 unspecified atom stereocenters. The van der Waals surface area contributed by atoms with E-state index in [2.05, 4.69) is 28.5 Å². The van der Waals surface area contributed by atoms with Crippen molar-refractivity contribution in [1.29, 1.82) is 0 Å². The molecule has 0 atom stereocenters. The van der Waals surface area contributed by atoms with E-state index in [1.807, 2.05) is 5.51 Å². The third-order valence-electron chi connectivity index (χ3n) is 2.54. The van der Waals surface area contributed by atoms with Crippen LogP contribution in [-0.2, 0) is 0 Å². The fraction of sp³-hybridized carbons (Fsp3) is 0.417. The molecule has 1 aromatic carbocycles. The Labute approximate surface area is 99.7 Å². The predicted octanol–water partition coefficient (Wildman–Crippen LogP) is 2.84. The molecule has 1 heterocycles. The highest BCUT2D eigenvalue weighted by atomic mass is 32.1. The number of unbranched alkanes of at least 4 members (excludes halogenated alkanes) is 2. The van der Waals surface area contributed by atoms with Gasteiger partial charge in [-0.3, -0.25) is 0 Å². The van der Waals surface area contributed by atoms with E-state index >= 15 is 0 Å². The van der Waals surface area contributed by atoms with Gasteiger partial charge in [-0.2, -0.15) is 0 Å². The first-order valence-corrected chi connectivity index (χ1v) is 6.55. The highest BCUT2D eigenvalue weighted by molar-refractivity contribution is 7.16. The van der Waals surface area contributed by atoms with E-state index in [4.69, 9.17) is 5.73 Å². The topological polar surface area (TPSA) is 50.9 Å². The Morgan fingerprint density at radius 1 is 1.25 bits per heavy atom. The molecule has 0 spiro atoms. The first-order chi connectivity index (χ1) is 7.90. The molecule has 3 nitrogen and oxygen atoms in total. The van der Waals surface area contributed by atoms with Gasteiger partial charge in [-0.05, 0) is 37.6 Å². The van der Waals surface area contributed by atoms with Crippen molar-refractivity contribution in [3.63, 3.8) is 0 Å². The second-order valence-corrected chi connectivity index (χ2v) is 4.70. The quantitative estimate of drug-likeness (QED) is 0.757. The van der Waals surface area contributed by atoms with Crippen molar-refractivity contribution in [3.8, 4) is 0 Å². The number of benzene rings is 1. The molecule has 1 aromatic heterocycles. The highest BCUT2D eigenvalue weighted by Crippen LogP contribution is 2.21. The van der Waals surface area contributed by atoms with Crippen molar-refractivity contribution >= 4 is 27.2 Å². The van der Waals surface area contributed by atoms with E-state index in [0.29, 0.717) is 0 Å². The van der Waals surface area contributed by atoms with Crippen LogP contribution in [0.25, 0.3) is 10.2 Å². The number of thiazole rings is 1. The highest BCUT2D eigenvalue weighted by Gasteiger charge is 1.97. The van der Waals surface area contributed by atoms with Gasteiger partial charge in [0.15, 0.2) is 0 Å². The molecule has 86 valence electrons. The van der Waals surface area contributed by atoms with E-state index in [1.54, 1.807) is 11.3 Å². The molecule has 3 N–H and O–H groups in total. The summed E-state index contributed by atoms with van der Waals surface area (Å²) in [5.74, 6) is 0. The Kier molecular flexibility index (Phi) is 4.13. The molecule has 0 fully saturated rings. The van der Waals surface area contributed by atoms with Crippen LogP contribution in [0.2, 0.25) is 0 Å². The number of rotatable bonds is 6. The standard InChI is InChI=1S/C12H17N3S/c13-6-2-1-3-7-14-10-4-5-12-11(8-10)15-9-16-12/h4-5,8-9,14H,1-3,6-7,13H2.